The number of hydrogen-bond donors (Lipinski definition) is 3. The molecule has 1 heterocycles. The van der Waals surface area contributed by atoms with Crippen molar-refractivity contribution in [3.05, 3.63) is 61.9 Å². The number of aromatic amines is 1. The molecule has 3 N–H and O–H groups in total. The summed E-state index contributed by atoms with van der Waals surface area (Å²) in [4.78, 5) is 25.8. The van der Waals surface area contributed by atoms with Crippen LogP contribution in [0.25, 0.3) is 0 Å². The van der Waals surface area contributed by atoms with Crippen LogP contribution in [-0.2, 0) is 17.9 Å². The highest BCUT2D eigenvalue weighted by Crippen LogP contribution is 2.06. The molecule has 1 aromatic carbocycles. The quantitative estimate of drug-likeness (QED) is 0.612. The van der Waals surface area contributed by atoms with Gasteiger partial charge in [0.25, 0.3) is 5.56 Å². The third kappa shape index (κ3) is 4.59. The monoisotopic (exact) mass is 321 g/mol. The number of aliphatic hydroxyl groups excluding tert-OH is 2. The van der Waals surface area contributed by atoms with Gasteiger partial charge in [-0.15, -0.1) is 0 Å². The van der Waals surface area contributed by atoms with Crippen molar-refractivity contribution in [2.45, 2.75) is 26.2 Å². The Hall–Kier alpha value is -2.29. The van der Waals surface area contributed by atoms with E-state index in [0.29, 0.717) is 0 Å². The van der Waals surface area contributed by atoms with Crippen LogP contribution in [0.5, 0.6) is 0 Å². The molecule has 0 spiro atoms. The molecule has 2 rings (SSSR count). The molecule has 0 aliphatic rings. The molecule has 2 aromatic rings. The van der Waals surface area contributed by atoms with E-state index in [1.165, 1.54) is 0 Å². The second kappa shape index (κ2) is 7.82. The number of rotatable bonds is 7. The molecule has 0 unspecified atom stereocenters. The summed E-state index contributed by atoms with van der Waals surface area (Å²) in [7, 11) is 0. The van der Waals surface area contributed by atoms with Crippen LogP contribution >= 0.6 is 0 Å². The lowest BCUT2D eigenvalue weighted by molar-refractivity contribution is -0.0556. The van der Waals surface area contributed by atoms with Gasteiger partial charge in [0.2, 0.25) is 0 Å². The molecule has 0 atom stereocenters. The second-order valence-corrected chi connectivity index (χ2v) is 5.15. The first-order chi connectivity index (χ1) is 11.0. The van der Waals surface area contributed by atoms with Gasteiger partial charge in [-0.2, -0.15) is 9.78 Å². The molecule has 124 valence electrons. The van der Waals surface area contributed by atoms with E-state index in [-0.39, 0.29) is 32.1 Å². The molecular weight excluding hydrogens is 302 g/mol. The number of hydrogen-bond acceptors (Lipinski definition) is 6. The Labute approximate surface area is 132 Å². The zero-order valence-electron chi connectivity index (χ0n) is 12.7. The Morgan fingerprint density at radius 1 is 1.22 bits per heavy atom. The van der Waals surface area contributed by atoms with Gasteiger partial charge in [0.1, 0.15) is 18.5 Å². The predicted molar refractivity (Wildman–Crippen MR) is 82.1 cm³/mol. The van der Waals surface area contributed by atoms with Crippen LogP contribution in [-0.4, -0.2) is 44.3 Å². The van der Waals surface area contributed by atoms with E-state index in [2.05, 4.69) is 10.1 Å². The summed E-state index contributed by atoms with van der Waals surface area (Å²) in [6.45, 7) is 0.920. The fraction of sp³-hybridized carbons (Fsp3) is 0.400. The van der Waals surface area contributed by atoms with Crippen molar-refractivity contribution < 1.29 is 14.9 Å². The summed E-state index contributed by atoms with van der Waals surface area (Å²) in [5.41, 5.74) is 0.919. The number of nitrogens with zero attached hydrogens (tertiary/aromatic N) is 2. The van der Waals surface area contributed by atoms with Crippen molar-refractivity contribution in [2.75, 3.05) is 13.2 Å². The van der Waals surface area contributed by atoms with Crippen molar-refractivity contribution in [1.82, 2.24) is 14.8 Å². The maximum Gasteiger partial charge on any atom is 0.346 e. The normalized spacial score (nSPS) is 11.1. The Balaban J connectivity index is 2.20. The standard InChI is InChI=1S/C15H19N3O5/c1-10-2-4-11(5-3-10)6-13-14(21)16-15(22)18(17-13)9-23-12(7-19)8-20/h2-5,12,19-20H,6-9H2,1H3,(H,16,21,22). The van der Waals surface area contributed by atoms with Crippen molar-refractivity contribution in [3.8, 4) is 0 Å². The number of aromatic nitrogens is 3. The second-order valence-electron chi connectivity index (χ2n) is 5.15. The fourth-order valence-corrected chi connectivity index (χ4v) is 1.91. The van der Waals surface area contributed by atoms with Crippen molar-refractivity contribution in [3.63, 3.8) is 0 Å². The number of benzene rings is 1. The molecule has 23 heavy (non-hydrogen) atoms. The Morgan fingerprint density at radius 3 is 2.48 bits per heavy atom. The minimum Gasteiger partial charge on any atom is -0.394 e. The number of nitrogens with one attached hydrogen (secondary N) is 1. The minimum absolute atomic E-state index is 0.182. The van der Waals surface area contributed by atoms with E-state index < -0.39 is 17.4 Å². The van der Waals surface area contributed by atoms with E-state index in [4.69, 9.17) is 14.9 Å². The molecular formula is C15H19N3O5. The van der Waals surface area contributed by atoms with Crippen LogP contribution in [0.15, 0.2) is 33.9 Å². The third-order valence-electron chi connectivity index (χ3n) is 3.29. The third-order valence-corrected chi connectivity index (χ3v) is 3.29. The van der Waals surface area contributed by atoms with Gasteiger partial charge in [-0.3, -0.25) is 9.78 Å². The Kier molecular flexibility index (Phi) is 5.80. The fourth-order valence-electron chi connectivity index (χ4n) is 1.91. The number of aliphatic hydroxyl groups is 2. The van der Waals surface area contributed by atoms with E-state index in [1.54, 1.807) is 0 Å². The highest BCUT2D eigenvalue weighted by atomic mass is 16.5. The maximum absolute atomic E-state index is 11.9. The molecule has 0 saturated carbocycles. The van der Waals surface area contributed by atoms with Crippen molar-refractivity contribution in [2.24, 2.45) is 0 Å². The van der Waals surface area contributed by atoms with Crippen LogP contribution in [0.3, 0.4) is 0 Å². The summed E-state index contributed by atoms with van der Waals surface area (Å²) < 4.78 is 6.09. The van der Waals surface area contributed by atoms with Gasteiger partial charge in [-0.25, -0.2) is 4.79 Å². The average molecular weight is 321 g/mol. The van der Waals surface area contributed by atoms with Gasteiger partial charge < -0.3 is 14.9 Å². The van der Waals surface area contributed by atoms with Crippen LogP contribution in [0, 0.1) is 6.92 Å². The van der Waals surface area contributed by atoms with E-state index >= 15 is 0 Å². The molecule has 8 nitrogen and oxygen atoms in total. The lowest BCUT2D eigenvalue weighted by Crippen LogP contribution is -2.37. The molecule has 0 radical (unpaired) electrons. The zero-order valence-corrected chi connectivity index (χ0v) is 12.7. The first kappa shape index (κ1) is 17.1. The maximum atomic E-state index is 11.9. The van der Waals surface area contributed by atoms with Gasteiger partial charge in [-0.1, -0.05) is 29.8 Å². The SMILES string of the molecule is Cc1ccc(Cc2nn(COC(CO)CO)c(=O)[nH]c2=O)cc1. The van der Waals surface area contributed by atoms with Crippen LogP contribution < -0.4 is 11.2 Å². The molecule has 0 saturated heterocycles. The summed E-state index contributed by atoms with van der Waals surface area (Å²) >= 11 is 0. The van der Waals surface area contributed by atoms with Crippen LogP contribution in [0.2, 0.25) is 0 Å². The highest BCUT2D eigenvalue weighted by Gasteiger charge is 2.11. The molecule has 0 bridgehead atoms. The zero-order chi connectivity index (χ0) is 16.8. The van der Waals surface area contributed by atoms with Crippen LogP contribution in [0.1, 0.15) is 16.8 Å². The molecule has 0 aliphatic carbocycles. The smallest absolute Gasteiger partial charge is 0.346 e. The lowest BCUT2D eigenvalue weighted by Gasteiger charge is -2.13. The van der Waals surface area contributed by atoms with E-state index in [0.717, 1.165) is 15.8 Å². The molecule has 8 heteroatoms. The summed E-state index contributed by atoms with van der Waals surface area (Å²) in [6, 6.07) is 7.62. The number of aryl methyl sites for hydroxylation is 1. The Bertz CT molecular complexity index is 747. The highest BCUT2D eigenvalue weighted by molar-refractivity contribution is 5.24. The van der Waals surface area contributed by atoms with E-state index in [9.17, 15) is 9.59 Å². The molecule has 0 fully saturated rings. The summed E-state index contributed by atoms with van der Waals surface area (Å²) in [5, 5.41) is 21.9. The molecule has 0 amide bonds. The average Bonchev–Trinajstić information content (AvgIpc) is 2.54. The van der Waals surface area contributed by atoms with Crippen LogP contribution in [0.4, 0.5) is 0 Å². The minimum atomic E-state index is -0.809. The van der Waals surface area contributed by atoms with Crippen molar-refractivity contribution >= 4 is 0 Å². The molecule has 0 aliphatic heterocycles. The van der Waals surface area contributed by atoms with Crippen molar-refractivity contribution in [1.29, 1.82) is 0 Å². The lowest BCUT2D eigenvalue weighted by atomic mass is 10.1. The summed E-state index contributed by atoms with van der Waals surface area (Å²) in [5.74, 6) is 0. The largest absolute Gasteiger partial charge is 0.394 e. The van der Waals surface area contributed by atoms with Gasteiger partial charge in [0.15, 0.2) is 0 Å². The Morgan fingerprint density at radius 2 is 1.87 bits per heavy atom. The van der Waals surface area contributed by atoms with Gasteiger partial charge in [0, 0.05) is 6.42 Å². The first-order valence-electron chi connectivity index (χ1n) is 7.12. The first-order valence-corrected chi connectivity index (χ1v) is 7.12. The topological polar surface area (TPSA) is 117 Å². The van der Waals surface area contributed by atoms with Gasteiger partial charge in [-0.05, 0) is 12.5 Å². The van der Waals surface area contributed by atoms with E-state index in [1.807, 2.05) is 31.2 Å². The number of ether oxygens (including phenoxy) is 1. The van der Waals surface area contributed by atoms with Gasteiger partial charge in [0.05, 0.1) is 13.2 Å². The predicted octanol–water partition coefficient (Wildman–Crippen LogP) is -0.842. The summed E-state index contributed by atoms with van der Waals surface area (Å²) in [6.07, 6.45) is -0.532. The number of H-pyrrole nitrogens is 1. The molecule has 1 aromatic heterocycles. The van der Waals surface area contributed by atoms with Gasteiger partial charge >= 0.3 is 5.69 Å².